The third-order valence-electron chi connectivity index (χ3n) is 3.92. The van der Waals surface area contributed by atoms with Gasteiger partial charge in [-0.25, -0.2) is 0 Å². The summed E-state index contributed by atoms with van der Waals surface area (Å²) in [4.78, 5) is 0. The van der Waals surface area contributed by atoms with E-state index in [9.17, 15) is 10.2 Å². The highest BCUT2D eigenvalue weighted by molar-refractivity contribution is 5.02. The maximum Gasteiger partial charge on any atom is 0.160 e. The van der Waals surface area contributed by atoms with Gasteiger partial charge in [0.05, 0.1) is 24.7 Å². The molecule has 4 heteroatoms. The summed E-state index contributed by atoms with van der Waals surface area (Å²) in [5, 5.41) is 28.6. The monoisotopic (exact) mass is 269 g/mol. The van der Waals surface area contributed by atoms with E-state index in [1.807, 2.05) is 0 Å². The lowest BCUT2D eigenvalue weighted by Crippen LogP contribution is -2.47. The minimum absolute atomic E-state index is 0.0239. The van der Waals surface area contributed by atoms with E-state index in [1.54, 1.807) is 0 Å². The standard InChI is InChI=1S/C15H27NO3/c1-5-10-6-11(8-16)13(10)19-14(18)12(9-17)7-15(2,3)4/h10-14,17-18H,5-7,9H2,1-4H3. The minimum atomic E-state index is -0.987. The van der Waals surface area contributed by atoms with Gasteiger partial charge in [0, 0.05) is 5.92 Å². The van der Waals surface area contributed by atoms with Crippen molar-refractivity contribution in [2.75, 3.05) is 6.61 Å². The number of aliphatic hydroxyl groups is 2. The van der Waals surface area contributed by atoms with E-state index in [4.69, 9.17) is 10.00 Å². The first-order chi connectivity index (χ1) is 8.82. The normalized spacial score (nSPS) is 30.3. The second-order valence-corrected chi connectivity index (χ2v) is 6.84. The van der Waals surface area contributed by atoms with Crippen LogP contribution in [0.5, 0.6) is 0 Å². The maximum absolute atomic E-state index is 10.1. The molecule has 0 bridgehead atoms. The first kappa shape index (κ1) is 16.4. The van der Waals surface area contributed by atoms with Crippen LogP contribution in [0.15, 0.2) is 0 Å². The molecule has 1 saturated carbocycles. The molecule has 0 aromatic carbocycles. The van der Waals surface area contributed by atoms with Crippen molar-refractivity contribution >= 4 is 0 Å². The summed E-state index contributed by atoms with van der Waals surface area (Å²) in [7, 11) is 0. The van der Waals surface area contributed by atoms with E-state index in [-0.39, 0.29) is 30.0 Å². The van der Waals surface area contributed by atoms with Crippen molar-refractivity contribution in [3.05, 3.63) is 0 Å². The summed E-state index contributed by atoms with van der Waals surface area (Å²) in [6, 6.07) is 2.23. The zero-order valence-electron chi connectivity index (χ0n) is 12.5. The Balaban J connectivity index is 2.56. The average Bonchev–Trinajstić information content (AvgIpc) is 2.31. The molecule has 4 nitrogen and oxygen atoms in total. The molecule has 0 aliphatic heterocycles. The molecule has 0 spiro atoms. The Morgan fingerprint density at radius 1 is 1.42 bits per heavy atom. The van der Waals surface area contributed by atoms with E-state index in [0.717, 1.165) is 12.8 Å². The number of ether oxygens (including phenoxy) is 1. The van der Waals surface area contributed by atoms with Crippen LogP contribution in [0.25, 0.3) is 0 Å². The minimum Gasteiger partial charge on any atom is -0.396 e. The van der Waals surface area contributed by atoms with Crippen molar-refractivity contribution in [2.45, 2.75) is 59.4 Å². The molecule has 0 heterocycles. The molecule has 110 valence electrons. The van der Waals surface area contributed by atoms with E-state index < -0.39 is 6.29 Å². The Bertz CT molecular complexity index is 318. The highest BCUT2D eigenvalue weighted by Gasteiger charge is 2.43. The van der Waals surface area contributed by atoms with Gasteiger partial charge >= 0.3 is 0 Å². The summed E-state index contributed by atoms with van der Waals surface area (Å²) in [6.07, 6.45) is 1.33. The van der Waals surface area contributed by atoms with Crippen LogP contribution >= 0.6 is 0 Å². The summed E-state index contributed by atoms with van der Waals surface area (Å²) in [5.41, 5.74) is 0.0239. The van der Waals surface area contributed by atoms with E-state index in [2.05, 4.69) is 33.8 Å². The van der Waals surface area contributed by atoms with Crippen LogP contribution < -0.4 is 0 Å². The predicted molar refractivity (Wildman–Crippen MR) is 73.0 cm³/mol. The summed E-state index contributed by atoms with van der Waals surface area (Å²) >= 11 is 0. The van der Waals surface area contributed by atoms with Crippen molar-refractivity contribution in [3.63, 3.8) is 0 Å². The number of hydrogen-bond donors (Lipinski definition) is 2. The molecular formula is C15H27NO3. The maximum atomic E-state index is 10.1. The summed E-state index contributed by atoms with van der Waals surface area (Å²) in [5.74, 6) is -0.0562. The molecule has 1 aliphatic rings. The van der Waals surface area contributed by atoms with Crippen LogP contribution in [0, 0.1) is 34.5 Å². The largest absolute Gasteiger partial charge is 0.396 e. The van der Waals surface area contributed by atoms with Gasteiger partial charge in [-0.3, -0.25) is 0 Å². The van der Waals surface area contributed by atoms with Crippen molar-refractivity contribution in [1.82, 2.24) is 0 Å². The SMILES string of the molecule is CCC1CC(C#N)C1OC(O)C(CO)CC(C)(C)C. The molecule has 5 atom stereocenters. The zero-order valence-corrected chi connectivity index (χ0v) is 12.5. The quantitative estimate of drug-likeness (QED) is 0.726. The molecule has 1 rings (SSSR count). The van der Waals surface area contributed by atoms with E-state index in [0.29, 0.717) is 12.3 Å². The molecule has 1 aliphatic carbocycles. The first-order valence-electron chi connectivity index (χ1n) is 7.16. The van der Waals surface area contributed by atoms with Gasteiger partial charge in [-0.15, -0.1) is 0 Å². The van der Waals surface area contributed by atoms with Crippen molar-refractivity contribution in [2.24, 2.45) is 23.2 Å². The van der Waals surface area contributed by atoms with Crippen LogP contribution in [0.3, 0.4) is 0 Å². The Kier molecular flexibility index (Phi) is 5.79. The van der Waals surface area contributed by atoms with Crippen LogP contribution in [0.2, 0.25) is 0 Å². The lowest BCUT2D eigenvalue weighted by Gasteiger charge is -2.42. The molecule has 5 unspecified atom stereocenters. The number of nitrogens with zero attached hydrogens (tertiary/aromatic N) is 1. The van der Waals surface area contributed by atoms with Crippen LogP contribution in [-0.4, -0.2) is 29.2 Å². The fourth-order valence-electron chi connectivity index (χ4n) is 2.77. The highest BCUT2D eigenvalue weighted by Crippen LogP contribution is 2.40. The number of hydrogen-bond acceptors (Lipinski definition) is 4. The molecular weight excluding hydrogens is 242 g/mol. The fourth-order valence-corrected chi connectivity index (χ4v) is 2.77. The van der Waals surface area contributed by atoms with Gasteiger partial charge < -0.3 is 14.9 Å². The second kappa shape index (κ2) is 6.69. The third kappa shape index (κ3) is 4.45. The number of nitriles is 1. The zero-order chi connectivity index (χ0) is 14.6. The van der Waals surface area contributed by atoms with Crippen LogP contribution in [0.1, 0.15) is 47.0 Å². The topological polar surface area (TPSA) is 73.5 Å². The number of rotatable bonds is 6. The van der Waals surface area contributed by atoms with Gasteiger partial charge in [0.2, 0.25) is 0 Å². The smallest absolute Gasteiger partial charge is 0.160 e. The summed E-state index contributed by atoms with van der Waals surface area (Å²) < 4.78 is 5.67. The van der Waals surface area contributed by atoms with Crippen LogP contribution in [0.4, 0.5) is 0 Å². The van der Waals surface area contributed by atoms with Crippen LogP contribution in [-0.2, 0) is 4.74 Å². The number of aliphatic hydroxyl groups excluding tert-OH is 2. The van der Waals surface area contributed by atoms with Crippen molar-refractivity contribution in [1.29, 1.82) is 5.26 Å². The van der Waals surface area contributed by atoms with Gasteiger partial charge in [-0.2, -0.15) is 5.26 Å². The molecule has 0 aromatic heterocycles. The first-order valence-corrected chi connectivity index (χ1v) is 7.16. The average molecular weight is 269 g/mol. The molecule has 1 fully saturated rings. The molecule has 0 saturated heterocycles. The van der Waals surface area contributed by atoms with Gasteiger partial charge in [-0.05, 0) is 24.2 Å². The second-order valence-electron chi connectivity index (χ2n) is 6.84. The Labute approximate surface area is 116 Å². The van der Waals surface area contributed by atoms with Crippen molar-refractivity contribution in [3.8, 4) is 6.07 Å². The van der Waals surface area contributed by atoms with E-state index >= 15 is 0 Å². The Morgan fingerprint density at radius 2 is 2.05 bits per heavy atom. The fraction of sp³-hybridized carbons (Fsp3) is 0.933. The van der Waals surface area contributed by atoms with Gasteiger partial charge in [0.25, 0.3) is 0 Å². The summed E-state index contributed by atoms with van der Waals surface area (Å²) in [6.45, 7) is 8.18. The van der Waals surface area contributed by atoms with Gasteiger partial charge in [-0.1, -0.05) is 34.1 Å². The Morgan fingerprint density at radius 3 is 2.47 bits per heavy atom. The van der Waals surface area contributed by atoms with E-state index in [1.165, 1.54) is 0 Å². The molecule has 0 radical (unpaired) electrons. The predicted octanol–water partition coefficient (Wildman–Crippen LogP) is 2.30. The molecule has 2 N–H and O–H groups in total. The van der Waals surface area contributed by atoms with Crippen molar-refractivity contribution < 1.29 is 14.9 Å². The lowest BCUT2D eigenvalue weighted by molar-refractivity contribution is -0.221. The third-order valence-corrected chi connectivity index (χ3v) is 3.92. The van der Waals surface area contributed by atoms with Gasteiger partial charge in [0.15, 0.2) is 6.29 Å². The molecule has 19 heavy (non-hydrogen) atoms. The Hall–Kier alpha value is -0.630. The highest BCUT2D eigenvalue weighted by atomic mass is 16.6. The lowest BCUT2D eigenvalue weighted by atomic mass is 9.71. The van der Waals surface area contributed by atoms with Gasteiger partial charge in [0.1, 0.15) is 0 Å². The molecule has 0 aromatic rings. The molecule has 0 amide bonds.